The Morgan fingerprint density at radius 1 is 1.16 bits per heavy atom. The van der Waals surface area contributed by atoms with Crippen LogP contribution in [-0.2, 0) is 11.5 Å². The molecule has 0 fully saturated rings. The van der Waals surface area contributed by atoms with E-state index in [1.54, 1.807) is 7.11 Å². The average molecular weight is 277 g/mol. The molecule has 19 heavy (non-hydrogen) atoms. The van der Waals surface area contributed by atoms with Crippen molar-refractivity contribution in [3.63, 3.8) is 0 Å². The molecule has 2 rings (SSSR count). The highest BCUT2D eigenvalue weighted by atomic mass is 28.3. The molecule has 0 aliphatic rings. The molecule has 0 aliphatic carbocycles. The minimum atomic E-state index is -1.00. The Hall–Kier alpha value is -1.26. The lowest BCUT2D eigenvalue weighted by atomic mass is 10.2. The van der Waals surface area contributed by atoms with Gasteiger partial charge in [-0.15, -0.1) is 0 Å². The van der Waals surface area contributed by atoms with Crippen molar-refractivity contribution < 1.29 is 9.47 Å². The molecule has 0 radical (unpaired) electrons. The van der Waals surface area contributed by atoms with Crippen molar-refractivity contribution in [3.8, 4) is 5.75 Å². The van der Waals surface area contributed by atoms with Gasteiger partial charge in [0, 0.05) is 26.9 Å². The van der Waals surface area contributed by atoms with Crippen LogP contribution in [0.3, 0.4) is 0 Å². The second-order valence-electron chi connectivity index (χ2n) is 6.06. The first-order chi connectivity index (χ1) is 8.99. The molecule has 0 atom stereocenters. The van der Waals surface area contributed by atoms with Crippen LogP contribution in [0.1, 0.15) is 0 Å². The number of nitrogens with zero attached hydrogens (tertiary/aromatic N) is 1. The van der Waals surface area contributed by atoms with E-state index in [2.05, 4.69) is 48.6 Å². The zero-order valence-corrected chi connectivity index (χ0v) is 13.3. The van der Waals surface area contributed by atoms with Crippen molar-refractivity contribution in [2.24, 2.45) is 0 Å². The van der Waals surface area contributed by atoms with Gasteiger partial charge in [-0.3, -0.25) is 0 Å². The van der Waals surface area contributed by atoms with Gasteiger partial charge >= 0.3 is 0 Å². The normalized spacial score (nSPS) is 12.0. The molecule has 4 heteroatoms. The monoisotopic (exact) mass is 277 g/mol. The molecule has 0 aliphatic heterocycles. The molecule has 1 heterocycles. The summed E-state index contributed by atoms with van der Waals surface area (Å²) >= 11 is 0. The number of rotatable bonds is 6. The number of ether oxygens (including phenoxy) is 2. The molecule has 0 unspecified atom stereocenters. The Morgan fingerprint density at radius 2 is 1.95 bits per heavy atom. The van der Waals surface area contributed by atoms with Crippen LogP contribution in [0, 0.1) is 0 Å². The molecule has 1 aromatic heterocycles. The van der Waals surface area contributed by atoms with Crippen LogP contribution >= 0.6 is 0 Å². The predicted octanol–water partition coefficient (Wildman–Crippen LogP) is 3.96. The summed E-state index contributed by atoms with van der Waals surface area (Å²) in [6.07, 6.45) is 2.07. The van der Waals surface area contributed by atoms with E-state index < -0.39 is 8.07 Å². The van der Waals surface area contributed by atoms with Gasteiger partial charge in [0.15, 0.2) is 0 Å². The van der Waals surface area contributed by atoms with E-state index in [4.69, 9.17) is 9.47 Å². The molecule has 0 saturated carbocycles. The molecule has 3 nitrogen and oxygen atoms in total. The van der Waals surface area contributed by atoms with Crippen LogP contribution in [0.25, 0.3) is 10.9 Å². The van der Waals surface area contributed by atoms with E-state index in [1.165, 1.54) is 11.4 Å². The number of benzene rings is 1. The summed E-state index contributed by atoms with van der Waals surface area (Å²) in [6.45, 7) is 8.56. The summed E-state index contributed by atoms with van der Waals surface area (Å²) in [7, 11) is 0.691. The maximum absolute atomic E-state index is 5.79. The summed E-state index contributed by atoms with van der Waals surface area (Å²) < 4.78 is 13.2. The number of methoxy groups -OCH3 is 1. The highest BCUT2D eigenvalue weighted by Gasteiger charge is 2.12. The fraction of sp³-hybridized carbons (Fsp3) is 0.467. The quantitative estimate of drug-likeness (QED) is 0.589. The average Bonchev–Trinajstić information content (AvgIpc) is 2.76. The zero-order valence-electron chi connectivity index (χ0n) is 12.3. The highest BCUT2D eigenvalue weighted by molar-refractivity contribution is 6.76. The zero-order chi connectivity index (χ0) is 13.9. The third-order valence-corrected chi connectivity index (χ3v) is 4.91. The van der Waals surface area contributed by atoms with Gasteiger partial charge in [-0.2, -0.15) is 0 Å². The maximum Gasteiger partial charge on any atom is 0.122 e. The van der Waals surface area contributed by atoms with Crippen molar-refractivity contribution in [1.82, 2.24) is 4.57 Å². The minimum Gasteiger partial charge on any atom is -0.497 e. The molecule has 2 aromatic rings. The largest absolute Gasteiger partial charge is 0.497 e. The van der Waals surface area contributed by atoms with Crippen LogP contribution in [0.5, 0.6) is 5.75 Å². The maximum atomic E-state index is 5.79. The molecule has 0 saturated heterocycles. The molecule has 1 aromatic carbocycles. The van der Waals surface area contributed by atoms with Crippen LogP contribution in [0.2, 0.25) is 25.7 Å². The van der Waals surface area contributed by atoms with Gasteiger partial charge in [0.1, 0.15) is 12.5 Å². The van der Waals surface area contributed by atoms with E-state index in [-0.39, 0.29) is 0 Å². The Morgan fingerprint density at radius 3 is 2.63 bits per heavy atom. The van der Waals surface area contributed by atoms with Crippen LogP contribution < -0.4 is 4.74 Å². The molecule has 0 bridgehead atoms. The summed E-state index contributed by atoms with van der Waals surface area (Å²) in [5, 5.41) is 1.22. The lowest BCUT2D eigenvalue weighted by Gasteiger charge is -2.15. The van der Waals surface area contributed by atoms with Crippen molar-refractivity contribution in [1.29, 1.82) is 0 Å². The van der Waals surface area contributed by atoms with Gasteiger partial charge in [0.05, 0.1) is 12.6 Å². The fourth-order valence-corrected chi connectivity index (χ4v) is 2.70. The second-order valence-corrected chi connectivity index (χ2v) is 11.7. The molecule has 0 spiro atoms. The molecular formula is C15H23NO2Si. The van der Waals surface area contributed by atoms with Crippen molar-refractivity contribution in [2.45, 2.75) is 32.4 Å². The molecule has 0 N–H and O–H groups in total. The third-order valence-electron chi connectivity index (χ3n) is 3.21. The third kappa shape index (κ3) is 3.85. The van der Waals surface area contributed by atoms with E-state index in [0.29, 0.717) is 6.73 Å². The lowest BCUT2D eigenvalue weighted by Crippen LogP contribution is -2.21. The highest BCUT2D eigenvalue weighted by Crippen LogP contribution is 2.22. The first-order valence-electron chi connectivity index (χ1n) is 6.70. The topological polar surface area (TPSA) is 23.4 Å². The lowest BCUT2D eigenvalue weighted by molar-refractivity contribution is 0.0902. The Balaban J connectivity index is 2.00. The SMILES string of the molecule is COc1ccc2ccn(COCC[Si](C)(C)C)c2c1. The van der Waals surface area contributed by atoms with Crippen LogP contribution in [0.15, 0.2) is 30.5 Å². The van der Waals surface area contributed by atoms with Crippen LogP contribution in [0.4, 0.5) is 0 Å². The van der Waals surface area contributed by atoms with Gasteiger partial charge in [-0.05, 0) is 29.6 Å². The van der Waals surface area contributed by atoms with Crippen molar-refractivity contribution in [3.05, 3.63) is 30.5 Å². The number of fused-ring (bicyclic) bond motifs is 1. The van der Waals surface area contributed by atoms with Gasteiger partial charge in [-0.1, -0.05) is 19.6 Å². The Kier molecular flexibility index (Phi) is 4.32. The molecule has 0 amide bonds. The Bertz CT molecular complexity index is 543. The van der Waals surface area contributed by atoms with Gasteiger partial charge in [0.2, 0.25) is 0 Å². The predicted molar refractivity (Wildman–Crippen MR) is 82.6 cm³/mol. The first kappa shape index (κ1) is 14.2. The Labute approximate surface area is 116 Å². The number of aromatic nitrogens is 1. The van der Waals surface area contributed by atoms with E-state index in [1.807, 2.05) is 6.07 Å². The van der Waals surface area contributed by atoms with E-state index in [9.17, 15) is 0 Å². The van der Waals surface area contributed by atoms with Crippen molar-refractivity contribution >= 4 is 19.0 Å². The molecular weight excluding hydrogens is 254 g/mol. The van der Waals surface area contributed by atoms with Crippen molar-refractivity contribution in [2.75, 3.05) is 13.7 Å². The standard InChI is InChI=1S/C15H23NO2Si/c1-17-14-6-5-13-7-8-16(15(13)11-14)12-18-9-10-19(2,3)4/h5-8,11H,9-10,12H2,1-4H3. The number of hydrogen-bond acceptors (Lipinski definition) is 2. The molecule has 104 valence electrons. The van der Waals surface area contributed by atoms with Gasteiger partial charge < -0.3 is 14.0 Å². The summed E-state index contributed by atoms with van der Waals surface area (Å²) in [6, 6.07) is 9.43. The summed E-state index contributed by atoms with van der Waals surface area (Å²) in [4.78, 5) is 0. The fourth-order valence-electron chi connectivity index (χ4n) is 1.94. The summed E-state index contributed by atoms with van der Waals surface area (Å²) in [5.74, 6) is 0.884. The smallest absolute Gasteiger partial charge is 0.122 e. The van der Waals surface area contributed by atoms with E-state index >= 15 is 0 Å². The first-order valence-corrected chi connectivity index (χ1v) is 10.4. The van der Waals surface area contributed by atoms with E-state index in [0.717, 1.165) is 17.9 Å². The minimum absolute atomic E-state index is 0.612. The van der Waals surface area contributed by atoms with Gasteiger partial charge in [0.25, 0.3) is 0 Å². The van der Waals surface area contributed by atoms with Crippen LogP contribution in [-0.4, -0.2) is 26.4 Å². The number of hydrogen-bond donors (Lipinski definition) is 0. The van der Waals surface area contributed by atoms with Gasteiger partial charge in [-0.25, -0.2) is 0 Å². The summed E-state index contributed by atoms with van der Waals surface area (Å²) in [5.41, 5.74) is 1.16. The second kappa shape index (κ2) is 5.80.